The summed E-state index contributed by atoms with van der Waals surface area (Å²) in [4.78, 5) is 0. The fourth-order valence-electron chi connectivity index (χ4n) is 2.98. The summed E-state index contributed by atoms with van der Waals surface area (Å²) in [6.45, 7) is 5.11. The van der Waals surface area contributed by atoms with Crippen molar-refractivity contribution in [3.05, 3.63) is 78.1 Å². The average Bonchev–Trinajstić information content (AvgIpc) is 2.77. The first kappa shape index (κ1) is 22.3. The second-order valence-corrected chi connectivity index (χ2v) is 7.00. The zero-order valence-electron chi connectivity index (χ0n) is 17.2. The van der Waals surface area contributed by atoms with E-state index in [9.17, 15) is 0 Å². The smallest absolute Gasteiger partial charge is 0.119 e. The van der Waals surface area contributed by atoms with Crippen LogP contribution in [0.3, 0.4) is 0 Å². The van der Waals surface area contributed by atoms with Crippen LogP contribution in [0.4, 0.5) is 0 Å². The Morgan fingerprint density at radius 3 is 1.79 bits per heavy atom. The van der Waals surface area contributed by atoms with Crippen molar-refractivity contribution in [3.8, 4) is 11.8 Å². The molecule has 2 aromatic rings. The van der Waals surface area contributed by atoms with Crippen LogP contribution in [0.15, 0.2) is 61.4 Å². The molecule has 0 fully saturated rings. The third kappa shape index (κ3) is 9.67. The molecular formula is C26H31NO2. The van der Waals surface area contributed by atoms with Crippen molar-refractivity contribution in [3.63, 3.8) is 0 Å². The van der Waals surface area contributed by atoms with Crippen molar-refractivity contribution in [2.24, 2.45) is 0 Å². The third-order valence-electron chi connectivity index (χ3n) is 4.68. The van der Waals surface area contributed by atoms with Crippen LogP contribution in [0.5, 0.6) is 5.75 Å². The number of rotatable bonds is 14. The first-order chi connectivity index (χ1) is 14.3. The van der Waals surface area contributed by atoms with E-state index < -0.39 is 0 Å². The molecule has 0 heterocycles. The zero-order chi connectivity index (χ0) is 20.6. The van der Waals surface area contributed by atoms with Crippen molar-refractivity contribution in [1.82, 2.24) is 0 Å². The lowest BCUT2D eigenvalue weighted by atomic mass is 10.1. The summed E-state index contributed by atoms with van der Waals surface area (Å²) in [5.74, 6) is 0.919. The van der Waals surface area contributed by atoms with Crippen LogP contribution in [0.25, 0.3) is 12.2 Å². The van der Waals surface area contributed by atoms with E-state index in [2.05, 4.69) is 30.9 Å². The minimum Gasteiger partial charge on any atom is -0.502 e. The minimum atomic E-state index is 0.679. The van der Waals surface area contributed by atoms with Gasteiger partial charge in [0.1, 0.15) is 5.75 Å². The van der Waals surface area contributed by atoms with Crippen molar-refractivity contribution >= 4 is 12.2 Å². The van der Waals surface area contributed by atoms with Crippen LogP contribution >= 0.6 is 0 Å². The number of nitriles is 1. The molecule has 3 heteroatoms. The predicted molar refractivity (Wildman–Crippen MR) is 120 cm³/mol. The van der Waals surface area contributed by atoms with Crippen LogP contribution < -0.4 is 4.74 Å². The molecule has 0 unspecified atom stereocenters. The minimum absolute atomic E-state index is 0.679. The van der Waals surface area contributed by atoms with Gasteiger partial charge < -0.3 is 9.47 Å². The summed E-state index contributed by atoms with van der Waals surface area (Å²) in [7, 11) is 0. The van der Waals surface area contributed by atoms with Gasteiger partial charge in [0.25, 0.3) is 0 Å². The second-order valence-electron chi connectivity index (χ2n) is 7.00. The quantitative estimate of drug-likeness (QED) is 0.198. The van der Waals surface area contributed by atoms with E-state index in [1.54, 1.807) is 0 Å². The first-order valence-corrected chi connectivity index (χ1v) is 10.5. The summed E-state index contributed by atoms with van der Waals surface area (Å²) >= 11 is 0. The number of ether oxygens (including phenoxy) is 2. The molecule has 0 bridgehead atoms. The van der Waals surface area contributed by atoms with Gasteiger partial charge in [0.15, 0.2) is 0 Å². The number of unbranched alkanes of at least 4 members (excludes halogenated alkanes) is 6. The monoisotopic (exact) mass is 389 g/mol. The second kappa shape index (κ2) is 14.1. The molecule has 3 nitrogen and oxygen atoms in total. The molecule has 0 amide bonds. The van der Waals surface area contributed by atoms with Gasteiger partial charge in [0, 0.05) is 0 Å². The highest BCUT2D eigenvalue weighted by atomic mass is 16.5. The highest BCUT2D eigenvalue weighted by Gasteiger charge is 1.96. The Balaban J connectivity index is 1.57. The lowest BCUT2D eigenvalue weighted by Gasteiger charge is -2.06. The van der Waals surface area contributed by atoms with Crippen molar-refractivity contribution in [1.29, 1.82) is 5.26 Å². The first-order valence-electron chi connectivity index (χ1n) is 10.5. The number of nitrogens with zero attached hydrogens (tertiary/aromatic N) is 1. The van der Waals surface area contributed by atoms with Crippen molar-refractivity contribution in [2.75, 3.05) is 13.2 Å². The lowest BCUT2D eigenvalue weighted by Crippen LogP contribution is -1.97. The molecule has 0 aromatic heterocycles. The van der Waals surface area contributed by atoms with E-state index in [-0.39, 0.29) is 0 Å². The zero-order valence-corrected chi connectivity index (χ0v) is 17.2. The molecule has 2 aromatic carbocycles. The highest BCUT2D eigenvalue weighted by Crippen LogP contribution is 2.16. The molecule has 0 N–H and O–H groups in total. The molecule has 0 aliphatic heterocycles. The Morgan fingerprint density at radius 1 is 0.724 bits per heavy atom. The standard InChI is InChI=1S/C26H31NO2/c1-2-28-20-8-6-4-3-5-7-9-21-29-26-18-16-24(17-19-26)11-10-23-12-14-25(22-27)15-13-23/h2,10-19H,1,3-9,20-21H2/b11-10+. The van der Waals surface area contributed by atoms with Crippen LogP contribution in [-0.2, 0) is 4.74 Å². The van der Waals surface area contributed by atoms with Gasteiger partial charge in [-0.25, -0.2) is 0 Å². The third-order valence-corrected chi connectivity index (χ3v) is 4.68. The fraction of sp³-hybridized carbons (Fsp3) is 0.346. The van der Waals surface area contributed by atoms with E-state index in [1.807, 2.05) is 42.5 Å². The largest absolute Gasteiger partial charge is 0.502 e. The molecule has 0 spiro atoms. The molecule has 0 aliphatic carbocycles. The SMILES string of the molecule is C=COCCCCCCCCCOc1ccc(/C=C/c2ccc(C#N)cc2)cc1. The number of hydrogen-bond acceptors (Lipinski definition) is 3. The highest BCUT2D eigenvalue weighted by molar-refractivity contribution is 5.70. The molecule has 0 aliphatic rings. The van der Waals surface area contributed by atoms with Gasteiger partial charge in [-0.15, -0.1) is 0 Å². The summed E-state index contributed by atoms with van der Waals surface area (Å²) in [5.41, 5.74) is 2.88. The van der Waals surface area contributed by atoms with Crippen molar-refractivity contribution in [2.45, 2.75) is 44.9 Å². The maximum Gasteiger partial charge on any atom is 0.119 e. The van der Waals surface area contributed by atoms with Gasteiger partial charge >= 0.3 is 0 Å². The van der Waals surface area contributed by atoms with Gasteiger partial charge in [-0.3, -0.25) is 0 Å². The van der Waals surface area contributed by atoms with Crippen LogP contribution in [0.1, 0.15) is 61.6 Å². The Bertz CT molecular complexity index is 770. The Kier molecular flexibility index (Phi) is 10.8. The molecule has 0 atom stereocenters. The molecule has 29 heavy (non-hydrogen) atoms. The summed E-state index contributed by atoms with van der Waals surface area (Å²) in [6.07, 6.45) is 14.1. The molecule has 0 saturated heterocycles. The van der Waals surface area contributed by atoms with Gasteiger partial charge in [-0.05, 0) is 48.2 Å². The van der Waals surface area contributed by atoms with Gasteiger partial charge in [0.05, 0.1) is 31.1 Å². The molecule has 0 saturated carbocycles. The van der Waals surface area contributed by atoms with Crippen LogP contribution in [0.2, 0.25) is 0 Å². The molecular weight excluding hydrogens is 358 g/mol. The maximum atomic E-state index is 8.84. The van der Waals surface area contributed by atoms with Gasteiger partial charge in [-0.1, -0.05) is 75.1 Å². The van der Waals surface area contributed by atoms with E-state index >= 15 is 0 Å². The predicted octanol–water partition coefficient (Wildman–Crippen LogP) is 7.00. The van der Waals surface area contributed by atoms with E-state index in [0.29, 0.717) is 5.56 Å². The average molecular weight is 390 g/mol. The summed E-state index contributed by atoms with van der Waals surface area (Å²) in [6, 6.07) is 17.8. The Morgan fingerprint density at radius 2 is 1.24 bits per heavy atom. The normalized spacial score (nSPS) is 10.6. The Labute approximate surface area is 175 Å². The van der Waals surface area contributed by atoms with E-state index in [0.717, 1.165) is 42.9 Å². The number of hydrogen-bond donors (Lipinski definition) is 0. The topological polar surface area (TPSA) is 42.2 Å². The van der Waals surface area contributed by atoms with Gasteiger partial charge in [-0.2, -0.15) is 5.26 Å². The lowest BCUT2D eigenvalue weighted by molar-refractivity contribution is 0.241. The van der Waals surface area contributed by atoms with Crippen LogP contribution in [0, 0.1) is 11.3 Å². The maximum absolute atomic E-state index is 8.84. The summed E-state index contributed by atoms with van der Waals surface area (Å²) in [5, 5.41) is 8.84. The van der Waals surface area contributed by atoms with Crippen molar-refractivity contribution < 1.29 is 9.47 Å². The molecule has 2 rings (SSSR count). The fourth-order valence-corrected chi connectivity index (χ4v) is 2.98. The van der Waals surface area contributed by atoms with E-state index in [4.69, 9.17) is 14.7 Å². The molecule has 0 radical (unpaired) electrons. The van der Waals surface area contributed by atoms with Gasteiger partial charge in [0.2, 0.25) is 0 Å². The summed E-state index contributed by atoms with van der Waals surface area (Å²) < 4.78 is 11.0. The molecule has 152 valence electrons. The van der Waals surface area contributed by atoms with E-state index in [1.165, 1.54) is 38.4 Å². The van der Waals surface area contributed by atoms with Crippen LogP contribution in [-0.4, -0.2) is 13.2 Å². The number of benzene rings is 2. The Hall–Kier alpha value is -2.99.